The van der Waals surface area contributed by atoms with Crippen molar-refractivity contribution in [2.45, 2.75) is 24.0 Å². The number of amides is 1. The molecule has 1 atom stereocenters. The predicted molar refractivity (Wildman–Crippen MR) is 77.8 cm³/mol. The molecule has 0 aliphatic rings. The minimum absolute atomic E-state index is 0.146. The highest BCUT2D eigenvalue weighted by molar-refractivity contribution is 7.84. The van der Waals surface area contributed by atoms with Gasteiger partial charge in [-0.15, -0.1) is 0 Å². The van der Waals surface area contributed by atoms with Crippen molar-refractivity contribution in [2.75, 3.05) is 6.54 Å². The van der Waals surface area contributed by atoms with Crippen molar-refractivity contribution in [1.82, 2.24) is 5.32 Å². The van der Waals surface area contributed by atoms with E-state index in [-0.39, 0.29) is 23.2 Å². The lowest BCUT2D eigenvalue weighted by molar-refractivity contribution is 0.0924. The first-order chi connectivity index (χ1) is 10.1. The fraction of sp³-hybridized carbons (Fsp3) is 0.267. The van der Waals surface area contributed by atoms with Crippen molar-refractivity contribution in [1.29, 1.82) is 0 Å². The highest BCUT2D eigenvalue weighted by atomic mass is 32.2. The van der Waals surface area contributed by atoms with Crippen LogP contribution in [0.5, 0.6) is 0 Å². The second-order valence-corrected chi connectivity index (χ2v) is 5.92. The number of carbonyl (C=O) groups is 1. The Bertz CT molecular complexity index is 637. The van der Waals surface area contributed by atoms with Crippen LogP contribution in [0, 0.1) is 5.82 Å². The summed E-state index contributed by atoms with van der Waals surface area (Å²) in [5.41, 5.74) is 0. The van der Waals surface area contributed by atoms with Crippen LogP contribution in [-0.2, 0) is 16.6 Å². The molecule has 112 valence electrons. The fourth-order valence-corrected chi connectivity index (χ4v) is 2.72. The van der Waals surface area contributed by atoms with Gasteiger partial charge in [-0.3, -0.25) is 9.00 Å². The van der Waals surface area contributed by atoms with Crippen molar-refractivity contribution in [3.63, 3.8) is 0 Å². The topological polar surface area (TPSA) is 59.3 Å². The highest BCUT2D eigenvalue weighted by Crippen LogP contribution is 2.15. The van der Waals surface area contributed by atoms with Gasteiger partial charge in [-0.2, -0.15) is 0 Å². The quantitative estimate of drug-likeness (QED) is 0.892. The van der Waals surface area contributed by atoms with Crippen LogP contribution in [0.1, 0.15) is 29.7 Å². The van der Waals surface area contributed by atoms with Crippen molar-refractivity contribution in [3.8, 4) is 0 Å². The molecule has 2 aromatic rings. The van der Waals surface area contributed by atoms with Gasteiger partial charge in [-0.25, -0.2) is 4.39 Å². The van der Waals surface area contributed by atoms with Gasteiger partial charge in [0.1, 0.15) is 11.6 Å². The molecule has 1 aromatic heterocycles. The summed E-state index contributed by atoms with van der Waals surface area (Å²) in [6, 6.07) is 8.66. The van der Waals surface area contributed by atoms with E-state index in [1.807, 2.05) is 6.92 Å². The molecule has 1 N–H and O–H groups in total. The van der Waals surface area contributed by atoms with E-state index in [2.05, 4.69) is 5.32 Å². The lowest BCUT2D eigenvalue weighted by Gasteiger charge is -2.01. The van der Waals surface area contributed by atoms with Crippen LogP contribution in [0.15, 0.2) is 45.7 Å². The maximum atomic E-state index is 12.8. The van der Waals surface area contributed by atoms with Crippen LogP contribution in [0.2, 0.25) is 0 Å². The van der Waals surface area contributed by atoms with Crippen molar-refractivity contribution in [3.05, 3.63) is 53.7 Å². The molecule has 0 aliphatic carbocycles. The van der Waals surface area contributed by atoms with Crippen LogP contribution in [-0.4, -0.2) is 16.7 Å². The molecule has 0 unspecified atom stereocenters. The zero-order valence-electron chi connectivity index (χ0n) is 11.6. The third-order valence-corrected chi connectivity index (χ3v) is 4.12. The smallest absolute Gasteiger partial charge is 0.286 e. The van der Waals surface area contributed by atoms with Crippen molar-refractivity contribution < 1.29 is 17.8 Å². The lowest BCUT2D eigenvalue weighted by atomic mass is 10.4. The molecule has 1 aromatic carbocycles. The molecule has 0 saturated heterocycles. The predicted octanol–water partition coefficient (Wildman–Crippen LogP) is 2.87. The first kappa shape index (κ1) is 15.4. The molecule has 0 bridgehead atoms. The molecule has 1 heterocycles. The van der Waals surface area contributed by atoms with E-state index in [0.717, 1.165) is 6.42 Å². The van der Waals surface area contributed by atoms with E-state index in [4.69, 9.17) is 4.42 Å². The average molecular weight is 309 g/mol. The zero-order valence-corrected chi connectivity index (χ0v) is 12.4. The van der Waals surface area contributed by atoms with Gasteiger partial charge in [0, 0.05) is 11.4 Å². The van der Waals surface area contributed by atoms with E-state index in [0.29, 0.717) is 17.2 Å². The number of hydrogen-bond acceptors (Lipinski definition) is 3. The Morgan fingerprint density at radius 3 is 2.62 bits per heavy atom. The Labute approximate surface area is 124 Å². The summed E-state index contributed by atoms with van der Waals surface area (Å²) in [5.74, 6) is 0.153. The van der Waals surface area contributed by atoms with E-state index in [1.165, 1.54) is 24.3 Å². The molecular weight excluding hydrogens is 293 g/mol. The molecule has 2 rings (SSSR count). The van der Waals surface area contributed by atoms with Gasteiger partial charge in [-0.05, 0) is 42.8 Å². The number of hydrogen-bond donors (Lipinski definition) is 1. The molecule has 0 spiro atoms. The number of halogens is 1. The van der Waals surface area contributed by atoms with Gasteiger partial charge in [0.25, 0.3) is 5.91 Å². The number of benzene rings is 1. The maximum absolute atomic E-state index is 12.8. The van der Waals surface area contributed by atoms with Crippen LogP contribution < -0.4 is 5.32 Å². The normalized spacial score (nSPS) is 12.1. The average Bonchev–Trinajstić information content (AvgIpc) is 2.94. The molecule has 21 heavy (non-hydrogen) atoms. The van der Waals surface area contributed by atoms with Crippen molar-refractivity contribution in [2.24, 2.45) is 0 Å². The third kappa shape index (κ3) is 4.26. The maximum Gasteiger partial charge on any atom is 0.286 e. The Kier molecular flexibility index (Phi) is 5.27. The highest BCUT2D eigenvalue weighted by Gasteiger charge is 2.13. The summed E-state index contributed by atoms with van der Waals surface area (Å²) < 4.78 is 30.3. The summed E-state index contributed by atoms with van der Waals surface area (Å²) in [6.07, 6.45) is 0.841. The number of furan rings is 1. The molecule has 4 nitrogen and oxygen atoms in total. The van der Waals surface area contributed by atoms with Gasteiger partial charge >= 0.3 is 0 Å². The molecule has 0 fully saturated rings. The zero-order chi connectivity index (χ0) is 15.2. The van der Waals surface area contributed by atoms with Crippen molar-refractivity contribution >= 4 is 16.7 Å². The first-order valence-corrected chi connectivity index (χ1v) is 7.93. The molecule has 0 aliphatic heterocycles. The van der Waals surface area contributed by atoms with E-state index >= 15 is 0 Å². The summed E-state index contributed by atoms with van der Waals surface area (Å²) in [7, 11) is -1.34. The molecule has 6 heteroatoms. The lowest BCUT2D eigenvalue weighted by Crippen LogP contribution is -2.23. The van der Waals surface area contributed by atoms with Crippen LogP contribution in [0.4, 0.5) is 4.39 Å². The molecular formula is C15H16FNO3S. The first-order valence-electron chi connectivity index (χ1n) is 6.61. The number of rotatable bonds is 6. The molecule has 0 saturated carbocycles. The van der Waals surface area contributed by atoms with Crippen LogP contribution in [0.25, 0.3) is 0 Å². The minimum atomic E-state index is -1.34. The SMILES string of the molecule is CCCNC(=O)c1ccc(C[S@@](=O)c2ccc(F)cc2)o1. The fourth-order valence-electron chi connectivity index (χ4n) is 1.70. The summed E-state index contributed by atoms with van der Waals surface area (Å²) >= 11 is 0. The van der Waals surface area contributed by atoms with Gasteiger partial charge in [0.2, 0.25) is 0 Å². The van der Waals surface area contributed by atoms with Crippen LogP contribution in [0.3, 0.4) is 0 Å². The molecule has 1 amide bonds. The Morgan fingerprint density at radius 2 is 1.95 bits per heavy atom. The largest absolute Gasteiger partial charge is 0.455 e. The number of carbonyl (C=O) groups excluding carboxylic acids is 1. The number of nitrogens with one attached hydrogen (secondary N) is 1. The van der Waals surface area contributed by atoms with Gasteiger partial charge in [0.15, 0.2) is 5.76 Å². The Hall–Kier alpha value is -1.95. The van der Waals surface area contributed by atoms with Gasteiger partial charge in [0.05, 0.1) is 16.6 Å². The van der Waals surface area contributed by atoms with E-state index in [9.17, 15) is 13.4 Å². The standard InChI is InChI=1S/C15H16FNO3S/c1-2-9-17-15(18)14-8-5-12(20-14)10-21(19)13-6-3-11(16)4-7-13/h3-8H,2,9-10H2,1H3,(H,17,18)/t21-/m1/s1. The third-order valence-electron chi connectivity index (χ3n) is 2.77. The second kappa shape index (κ2) is 7.17. The monoisotopic (exact) mass is 309 g/mol. The van der Waals surface area contributed by atoms with E-state index in [1.54, 1.807) is 12.1 Å². The van der Waals surface area contributed by atoms with E-state index < -0.39 is 10.8 Å². The summed E-state index contributed by atoms with van der Waals surface area (Å²) in [4.78, 5) is 12.2. The Balaban J connectivity index is 2.00. The summed E-state index contributed by atoms with van der Waals surface area (Å²) in [6.45, 7) is 2.54. The van der Waals surface area contributed by atoms with Gasteiger partial charge < -0.3 is 9.73 Å². The van der Waals surface area contributed by atoms with Crippen LogP contribution >= 0.6 is 0 Å². The summed E-state index contributed by atoms with van der Waals surface area (Å²) in [5, 5.41) is 2.70. The minimum Gasteiger partial charge on any atom is -0.455 e. The van der Waals surface area contributed by atoms with Gasteiger partial charge in [-0.1, -0.05) is 6.92 Å². The second-order valence-electron chi connectivity index (χ2n) is 4.47. The Morgan fingerprint density at radius 1 is 1.24 bits per heavy atom. The molecule has 0 radical (unpaired) electrons.